The summed E-state index contributed by atoms with van der Waals surface area (Å²) in [4.78, 5) is 24.5. The molecule has 0 bridgehead atoms. The molecule has 4 N–H and O–H groups in total. The van der Waals surface area contributed by atoms with Crippen molar-refractivity contribution in [2.24, 2.45) is 5.92 Å². The number of allylic oxidation sites excluding steroid dienone is 5. The van der Waals surface area contributed by atoms with E-state index >= 15 is 0 Å². The number of phenols is 1. The van der Waals surface area contributed by atoms with Crippen LogP contribution in [0.15, 0.2) is 72.1 Å². The van der Waals surface area contributed by atoms with Crippen LogP contribution in [0, 0.1) is 5.92 Å². The quantitative estimate of drug-likeness (QED) is 0.239. The van der Waals surface area contributed by atoms with Crippen molar-refractivity contribution in [3.63, 3.8) is 0 Å². The third-order valence-electron chi connectivity index (χ3n) is 4.46. The lowest BCUT2D eigenvalue weighted by Gasteiger charge is -2.07. The molecule has 0 unspecified atom stereocenters. The number of rotatable bonds is 8. The number of hydrogen-bond acceptors (Lipinski definition) is 5. The number of carbonyl (C=O) groups is 2. The molecule has 6 heteroatoms. The summed E-state index contributed by atoms with van der Waals surface area (Å²) in [6.45, 7) is 2.07. The minimum absolute atomic E-state index is 0.0894. The maximum absolute atomic E-state index is 12.5. The molecule has 1 aromatic rings. The average Bonchev–Trinajstić information content (AvgIpc) is 2.96. The Morgan fingerprint density at radius 2 is 1.82 bits per heavy atom. The average molecular weight is 383 g/mol. The number of hydrogen-bond donors (Lipinski definition) is 4. The summed E-state index contributed by atoms with van der Waals surface area (Å²) in [6.07, 6.45) is 11.0. The molecular weight excluding hydrogens is 358 g/mol. The van der Waals surface area contributed by atoms with Gasteiger partial charge < -0.3 is 20.6 Å². The van der Waals surface area contributed by atoms with Gasteiger partial charge in [-0.2, -0.15) is 0 Å². The van der Waals surface area contributed by atoms with Gasteiger partial charge in [0, 0.05) is 13.0 Å². The number of aliphatic hydroxyl groups excluding tert-OH is 2. The van der Waals surface area contributed by atoms with E-state index in [4.69, 9.17) is 5.11 Å². The van der Waals surface area contributed by atoms with Crippen molar-refractivity contribution in [3.05, 3.63) is 77.6 Å². The number of Topliss-reactive ketones (excluding diaryl/α,β-unsaturated/α-hetero) is 1. The van der Waals surface area contributed by atoms with Crippen LogP contribution in [0.1, 0.15) is 18.9 Å². The summed E-state index contributed by atoms with van der Waals surface area (Å²) in [6, 6.07) is 5.63. The van der Waals surface area contributed by atoms with E-state index in [1.807, 2.05) is 13.0 Å². The Bertz CT molecular complexity index is 814. The Labute approximate surface area is 164 Å². The zero-order chi connectivity index (χ0) is 20.5. The molecule has 6 nitrogen and oxygen atoms in total. The van der Waals surface area contributed by atoms with E-state index in [0.717, 1.165) is 12.0 Å². The van der Waals surface area contributed by atoms with Gasteiger partial charge in [0.05, 0.1) is 6.04 Å². The van der Waals surface area contributed by atoms with Gasteiger partial charge in [-0.1, -0.05) is 49.4 Å². The number of amides is 1. The predicted molar refractivity (Wildman–Crippen MR) is 107 cm³/mol. The third-order valence-corrected chi connectivity index (χ3v) is 4.46. The maximum Gasteiger partial charge on any atom is 0.259 e. The summed E-state index contributed by atoms with van der Waals surface area (Å²) in [5, 5.41) is 31.1. The first-order chi connectivity index (χ1) is 13.5. The molecule has 0 aliphatic carbocycles. The first-order valence-corrected chi connectivity index (χ1v) is 9.14. The molecule has 1 aliphatic rings. The Morgan fingerprint density at radius 1 is 1.14 bits per heavy atom. The number of carbonyl (C=O) groups excluding carboxylic acids is 2. The van der Waals surface area contributed by atoms with Crippen LogP contribution in [-0.4, -0.2) is 39.7 Å². The zero-order valence-electron chi connectivity index (χ0n) is 15.7. The van der Waals surface area contributed by atoms with Crippen LogP contribution < -0.4 is 5.32 Å². The molecule has 28 heavy (non-hydrogen) atoms. The van der Waals surface area contributed by atoms with E-state index in [9.17, 15) is 19.8 Å². The summed E-state index contributed by atoms with van der Waals surface area (Å²) < 4.78 is 0. The summed E-state index contributed by atoms with van der Waals surface area (Å²) in [5.41, 5.74) is 0.533. The van der Waals surface area contributed by atoms with Gasteiger partial charge in [-0.25, -0.2) is 0 Å². The SMILES string of the molecule is CC[C@H](C=CC=CC=CC(O)=C1C(=O)N[C@H](Cc2ccc(O)cc2)C1=O)CO. The molecule has 0 spiro atoms. The Morgan fingerprint density at radius 3 is 2.46 bits per heavy atom. The van der Waals surface area contributed by atoms with Crippen LogP contribution in [0.3, 0.4) is 0 Å². The molecule has 2 rings (SSSR count). The maximum atomic E-state index is 12.5. The molecule has 148 valence electrons. The second-order valence-corrected chi connectivity index (χ2v) is 6.50. The minimum atomic E-state index is -0.745. The van der Waals surface area contributed by atoms with Crippen LogP contribution in [0.5, 0.6) is 5.75 Å². The van der Waals surface area contributed by atoms with Crippen LogP contribution in [0.25, 0.3) is 0 Å². The third kappa shape index (κ3) is 5.69. The molecular formula is C22H25NO5. The predicted octanol–water partition coefficient (Wildman–Crippen LogP) is 2.50. The summed E-state index contributed by atoms with van der Waals surface area (Å²) >= 11 is 0. The van der Waals surface area contributed by atoms with E-state index in [-0.39, 0.29) is 36.0 Å². The fourth-order valence-electron chi connectivity index (χ4n) is 2.74. The number of phenolic OH excluding ortho intramolecular Hbond substituents is 1. The highest BCUT2D eigenvalue weighted by atomic mass is 16.3. The molecule has 2 atom stereocenters. The summed E-state index contributed by atoms with van der Waals surface area (Å²) in [7, 11) is 0. The van der Waals surface area contributed by atoms with Crippen molar-refractivity contribution in [3.8, 4) is 5.75 Å². The number of aromatic hydroxyl groups is 1. The second-order valence-electron chi connectivity index (χ2n) is 6.50. The van der Waals surface area contributed by atoms with Crippen molar-refractivity contribution in [1.29, 1.82) is 0 Å². The Hall–Kier alpha value is -3.12. The van der Waals surface area contributed by atoms with E-state index < -0.39 is 17.7 Å². The van der Waals surface area contributed by atoms with Crippen LogP contribution >= 0.6 is 0 Å². The van der Waals surface area contributed by atoms with Gasteiger partial charge in [0.2, 0.25) is 0 Å². The number of aliphatic hydroxyl groups is 2. The molecule has 0 aromatic heterocycles. The number of ketones is 1. The lowest BCUT2D eigenvalue weighted by atomic mass is 10.0. The molecule has 1 fully saturated rings. The Balaban J connectivity index is 2.01. The largest absolute Gasteiger partial charge is 0.508 e. The summed E-state index contributed by atoms with van der Waals surface area (Å²) in [5.74, 6) is -1.22. The topological polar surface area (TPSA) is 107 Å². The smallest absolute Gasteiger partial charge is 0.259 e. The van der Waals surface area contributed by atoms with Gasteiger partial charge in [-0.15, -0.1) is 0 Å². The van der Waals surface area contributed by atoms with Crippen LogP contribution in [-0.2, 0) is 16.0 Å². The molecule has 1 aliphatic heterocycles. The van der Waals surface area contributed by atoms with Crippen LogP contribution in [0.4, 0.5) is 0 Å². The van der Waals surface area contributed by atoms with E-state index in [1.165, 1.54) is 24.3 Å². The van der Waals surface area contributed by atoms with E-state index in [2.05, 4.69) is 5.32 Å². The van der Waals surface area contributed by atoms with Gasteiger partial charge in [-0.3, -0.25) is 9.59 Å². The molecule has 0 saturated carbocycles. The first-order valence-electron chi connectivity index (χ1n) is 9.14. The fraction of sp³-hybridized carbons (Fsp3) is 0.273. The molecule has 1 amide bonds. The van der Waals surface area contributed by atoms with Crippen molar-refractivity contribution in [1.82, 2.24) is 5.32 Å². The van der Waals surface area contributed by atoms with Crippen molar-refractivity contribution >= 4 is 11.7 Å². The molecule has 1 saturated heterocycles. The number of nitrogens with one attached hydrogen (secondary N) is 1. The van der Waals surface area contributed by atoms with E-state index in [1.54, 1.807) is 30.4 Å². The van der Waals surface area contributed by atoms with Gasteiger partial charge >= 0.3 is 0 Å². The fourth-order valence-corrected chi connectivity index (χ4v) is 2.74. The molecule has 1 heterocycles. The van der Waals surface area contributed by atoms with Crippen molar-refractivity contribution in [2.45, 2.75) is 25.8 Å². The van der Waals surface area contributed by atoms with Crippen molar-refractivity contribution < 1.29 is 24.9 Å². The lowest BCUT2D eigenvalue weighted by Crippen LogP contribution is -2.31. The van der Waals surface area contributed by atoms with Crippen LogP contribution in [0.2, 0.25) is 0 Å². The lowest BCUT2D eigenvalue weighted by molar-refractivity contribution is -0.117. The minimum Gasteiger partial charge on any atom is -0.508 e. The number of benzene rings is 1. The van der Waals surface area contributed by atoms with Gasteiger partial charge in [0.15, 0.2) is 5.78 Å². The molecule has 1 aromatic carbocycles. The normalized spacial score (nSPS) is 20.4. The van der Waals surface area contributed by atoms with Crippen molar-refractivity contribution in [2.75, 3.05) is 6.61 Å². The van der Waals surface area contributed by atoms with Gasteiger partial charge in [0.1, 0.15) is 17.1 Å². The van der Waals surface area contributed by atoms with Gasteiger partial charge in [0.25, 0.3) is 5.91 Å². The first kappa shape index (κ1) is 21.2. The molecule has 0 radical (unpaired) electrons. The van der Waals surface area contributed by atoms with Gasteiger partial charge in [-0.05, 0) is 36.1 Å². The van der Waals surface area contributed by atoms with E-state index in [0.29, 0.717) is 0 Å². The monoisotopic (exact) mass is 383 g/mol. The standard InChI is InChI=1S/C22H25NO5/c1-2-15(14-24)7-5-3-4-6-8-19(26)20-21(27)18(23-22(20)28)13-16-9-11-17(25)12-10-16/h3-12,15,18,24-26H,2,13-14H2,1H3,(H,23,28)/t15-,18-/m1/s1. The highest BCUT2D eigenvalue weighted by Gasteiger charge is 2.37. The zero-order valence-corrected chi connectivity index (χ0v) is 15.7. The second kappa shape index (κ2) is 10.3. The highest BCUT2D eigenvalue weighted by molar-refractivity contribution is 6.27. The highest BCUT2D eigenvalue weighted by Crippen LogP contribution is 2.19. The Kier molecular flexibility index (Phi) is 7.77.